The molecule has 2 N–H and O–H groups in total. The third kappa shape index (κ3) is 2.62. The van der Waals surface area contributed by atoms with E-state index in [-0.39, 0.29) is 19.1 Å². The van der Waals surface area contributed by atoms with Crippen molar-refractivity contribution in [3.63, 3.8) is 0 Å². The van der Waals surface area contributed by atoms with Gasteiger partial charge in [-0.2, -0.15) is 5.10 Å². The van der Waals surface area contributed by atoms with E-state index < -0.39 is 0 Å². The highest BCUT2D eigenvalue weighted by molar-refractivity contribution is 5.01. The van der Waals surface area contributed by atoms with Crippen molar-refractivity contribution < 1.29 is 10.2 Å². The predicted molar refractivity (Wildman–Crippen MR) is 61.1 cm³/mol. The third-order valence-electron chi connectivity index (χ3n) is 3.38. The number of aliphatic hydroxyl groups excluding tert-OH is 2. The first kappa shape index (κ1) is 11.6. The van der Waals surface area contributed by atoms with Crippen LogP contribution in [0.3, 0.4) is 0 Å². The van der Waals surface area contributed by atoms with Crippen LogP contribution in [0.1, 0.15) is 37.4 Å². The summed E-state index contributed by atoms with van der Waals surface area (Å²) < 4.78 is 2.05. The molecule has 1 fully saturated rings. The fraction of sp³-hybridized carbons (Fsp3) is 0.750. The van der Waals surface area contributed by atoms with Crippen molar-refractivity contribution >= 4 is 0 Å². The number of hydrogen-bond acceptors (Lipinski definition) is 3. The largest absolute Gasteiger partial charge is 0.396 e. The summed E-state index contributed by atoms with van der Waals surface area (Å²) in [4.78, 5) is 0. The van der Waals surface area contributed by atoms with Crippen LogP contribution in [0.5, 0.6) is 0 Å². The quantitative estimate of drug-likeness (QED) is 0.788. The van der Waals surface area contributed by atoms with E-state index in [1.807, 2.05) is 16.9 Å². The molecular formula is C12H20N2O2. The van der Waals surface area contributed by atoms with Crippen molar-refractivity contribution in [1.29, 1.82) is 0 Å². The minimum absolute atomic E-state index is 0.0206. The van der Waals surface area contributed by atoms with Gasteiger partial charge in [0.2, 0.25) is 0 Å². The smallest absolute Gasteiger partial charge is 0.0629 e. The third-order valence-corrected chi connectivity index (χ3v) is 3.38. The topological polar surface area (TPSA) is 58.3 Å². The summed E-state index contributed by atoms with van der Waals surface area (Å²) in [6, 6.07) is 2.56. The lowest BCUT2D eigenvalue weighted by molar-refractivity contribution is 0.149. The maximum Gasteiger partial charge on any atom is 0.0629 e. The molecule has 0 aliphatic heterocycles. The Hall–Kier alpha value is -0.870. The molecule has 1 heterocycles. The van der Waals surface area contributed by atoms with E-state index in [2.05, 4.69) is 5.10 Å². The number of aromatic nitrogens is 2. The van der Waals surface area contributed by atoms with Crippen molar-refractivity contribution in [1.82, 2.24) is 9.78 Å². The van der Waals surface area contributed by atoms with E-state index in [0.29, 0.717) is 12.5 Å². The van der Waals surface area contributed by atoms with E-state index in [1.165, 1.54) is 25.7 Å². The summed E-state index contributed by atoms with van der Waals surface area (Å²) in [5, 5.41) is 22.5. The minimum atomic E-state index is -0.0769. The average Bonchev–Trinajstić information content (AvgIpc) is 2.96. The fourth-order valence-corrected chi connectivity index (χ4v) is 2.34. The Balaban J connectivity index is 1.96. The molecule has 1 aromatic rings. The highest BCUT2D eigenvalue weighted by atomic mass is 16.3. The van der Waals surface area contributed by atoms with E-state index in [4.69, 9.17) is 10.2 Å². The SMILES string of the molecule is OCC(CO)Cc1ccn(C2CCCC2)n1. The Labute approximate surface area is 95.9 Å². The first-order chi connectivity index (χ1) is 7.83. The molecule has 90 valence electrons. The van der Waals surface area contributed by atoms with Crippen LogP contribution in [-0.2, 0) is 6.42 Å². The Morgan fingerprint density at radius 1 is 1.31 bits per heavy atom. The van der Waals surface area contributed by atoms with E-state index >= 15 is 0 Å². The van der Waals surface area contributed by atoms with Gasteiger partial charge in [0.15, 0.2) is 0 Å². The van der Waals surface area contributed by atoms with Crippen LogP contribution in [0.2, 0.25) is 0 Å². The van der Waals surface area contributed by atoms with Crippen LogP contribution in [0, 0.1) is 5.92 Å². The number of hydrogen-bond donors (Lipinski definition) is 2. The Kier molecular flexibility index (Phi) is 3.96. The molecule has 1 aliphatic carbocycles. The van der Waals surface area contributed by atoms with Crippen LogP contribution < -0.4 is 0 Å². The van der Waals surface area contributed by atoms with Gasteiger partial charge in [0.1, 0.15) is 0 Å². The molecule has 0 unspecified atom stereocenters. The Morgan fingerprint density at radius 3 is 2.62 bits per heavy atom. The Bertz CT molecular complexity index is 315. The van der Waals surface area contributed by atoms with Gasteiger partial charge in [0.05, 0.1) is 11.7 Å². The standard InChI is InChI=1S/C12H20N2O2/c15-8-10(9-16)7-11-5-6-14(13-11)12-3-1-2-4-12/h5-6,10,12,15-16H,1-4,7-9H2. The molecule has 4 heteroatoms. The zero-order valence-corrected chi connectivity index (χ0v) is 9.55. The maximum atomic E-state index is 9.01. The minimum Gasteiger partial charge on any atom is -0.396 e. The van der Waals surface area contributed by atoms with Gasteiger partial charge < -0.3 is 10.2 Å². The fourth-order valence-electron chi connectivity index (χ4n) is 2.34. The summed E-state index contributed by atoms with van der Waals surface area (Å²) in [5.74, 6) is -0.0769. The van der Waals surface area contributed by atoms with E-state index in [9.17, 15) is 0 Å². The summed E-state index contributed by atoms with van der Waals surface area (Å²) >= 11 is 0. The second-order valence-electron chi connectivity index (χ2n) is 4.66. The lowest BCUT2D eigenvalue weighted by Crippen LogP contribution is -2.15. The molecule has 4 nitrogen and oxygen atoms in total. The van der Waals surface area contributed by atoms with Crippen LogP contribution >= 0.6 is 0 Å². The van der Waals surface area contributed by atoms with Crippen molar-refractivity contribution in [2.75, 3.05) is 13.2 Å². The monoisotopic (exact) mass is 224 g/mol. The molecule has 0 radical (unpaired) electrons. The van der Waals surface area contributed by atoms with Gasteiger partial charge in [-0.3, -0.25) is 4.68 Å². The molecule has 0 spiro atoms. The molecule has 1 saturated carbocycles. The second-order valence-corrected chi connectivity index (χ2v) is 4.66. The molecule has 16 heavy (non-hydrogen) atoms. The molecule has 0 atom stereocenters. The zero-order chi connectivity index (χ0) is 11.4. The van der Waals surface area contributed by atoms with Gasteiger partial charge in [0, 0.05) is 25.3 Å². The molecule has 0 aromatic carbocycles. The van der Waals surface area contributed by atoms with Crippen molar-refractivity contribution in [2.24, 2.45) is 5.92 Å². The number of nitrogens with zero attached hydrogens (tertiary/aromatic N) is 2. The van der Waals surface area contributed by atoms with Gasteiger partial charge in [-0.15, -0.1) is 0 Å². The van der Waals surface area contributed by atoms with Crippen molar-refractivity contribution in [3.05, 3.63) is 18.0 Å². The molecule has 0 saturated heterocycles. The number of aliphatic hydroxyl groups is 2. The lowest BCUT2D eigenvalue weighted by Gasteiger charge is -2.10. The zero-order valence-electron chi connectivity index (χ0n) is 9.55. The Morgan fingerprint density at radius 2 is 2.00 bits per heavy atom. The summed E-state index contributed by atoms with van der Waals surface area (Å²) in [6.07, 6.45) is 7.74. The van der Waals surface area contributed by atoms with Gasteiger partial charge in [-0.05, 0) is 25.3 Å². The molecule has 0 bridgehead atoms. The summed E-state index contributed by atoms with van der Waals surface area (Å²) in [5.41, 5.74) is 0.972. The molecule has 1 aromatic heterocycles. The molecule has 2 rings (SSSR count). The van der Waals surface area contributed by atoms with Crippen LogP contribution in [0.25, 0.3) is 0 Å². The van der Waals surface area contributed by atoms with Crippen molar-refractivity contribution in [2.45, 2.75) is 38.1 Å². The van der Waals surface area contributed by atoms with Gasteiger partial charge in [-0.1, -0.05) is 12.8 Å². The predicted octanol–water partition coefficient (Wildman–Crippen LogP) is 1.14. The van der Waals surface area contributed by atoms with Gasteiger partial charge >= 0.3 is 0 Å². The van der Waals surface area contributed by atoms with E-state index in [0.717, 1.165) is 5.69 Å². The first-order valence-electron chi connectivity index (χ1n) is 6.09. The van der Waals surface area contributed by atoms with Crippen LogP contribution in [0.15, 0.2) is 12.3 Å². The molecule has 1 aliphatic rings. The second kappa shape index (κ2) is 5.46. The normalized spacial score (nSPS) is 17.4. The number of rotatable bonds is 5. The summed E-state index contributed by atoms with van der Waals surface area (Å²) in [6.45, 7) is 0.0412. The molecular weight excluding hydrogens is 204 g/mol. The van der Waals surface area contributed by atoms with E-state index in [1.54, 1.807) is 0 Å². The highest BCUT2D eigenvalue weighted by Gasteiger charge is 2.18. The lowest BCUT2D eigenvalue weighted by atomic mass is 10.1. The van der Waals surface area contributed by atoms with Crippen LogP contribution in [-0.4, -0.2) is 33.2 Å². The van der Waals surface area contributed by atoms with Crippen molar-refractivity contribution in [3.8, 4) is 0 Å². The molecule has 0 amide bonds. The summed E-state index contributed by atoms with van der Waals surface area (Å²) in [7, 11) is 0. The highest BCUT2D eigenvalue weighted by Crippen LogP contribution is 2.28. The van der Waals surface area contributed by atoms with Gasteiger partial charge in [0.25, 0.3) is 0 Å². The first-order valence-corrected chi connectivity index (χ1v) is 6.09. The average molecular weight is 224 g/mol. The van der Waals surface area contributed by atoms with Gasteiger partial charge in [-0.25, -0.2) is 0 Å². The van der Waals surface area contributed by atoms with Crippen LogP contribution in [0.4, 0.5) is 0 Å². The maximum absolute atomic E-state index is 9.01.